The SMILES string of the molecule is C[C@H](NC(=O)NCCc1ccc2c(c1)OCO2)c1ccc(S(C)(=O)=O)cc1. The van der Waals surface area contributed by atoms with Gasteiger partial charge in [-0.2, -0.15) is 0 Å². The van der Waals surface area contributed by atoms with Crippen LogP contribution in [0, 0.1) is 0 Å². The highest BCUT2D eigenvalue weighted by Crippen LogP contribution is 2.32. The van der Waals surface area contributed by atoms with E-state index >= 15 is 0 Å². The maximum atomic E-state index is 12.1. The third-order valence-corrected chi connectivity index (χ3v) is 5.42. The van der Waals surface area contributed by atoms with Crippen LogP contribution in [0.3, 0.4) is 0 Å². The Hall–Kier alpha value is -2.74. The summed E-state index contributed by atoms with van der Waals surface area (Å²) in [6, 6.07) is 11.7. The molecule has 0 spiro atoms. The maximum Gasteiger partial charge on any atom is 0.315 e. The molecule has 0 fully saturated rings. The van der Waals surface area contributed by atoms with E-state index in [0.717, 1.165) is 28.9 Å². The number of nitrogens with one attached hydrogen (secondary N) is 2. The van der Waals surface area contributed by atoms with Crippen molar-refractivity contribution in [3.63, 3.8) is 0 Å². The predicted octanol–water partition coefficient (Wildman–Crippen LogP) is 2.42. The molecule has 0 aliphatic carbocycles. The second-order valence-electron chi connectivity index (χ2n) is 6.40. The topological polar surface area (TPSA) is 93.7 Å². The molecule has 0 saturated carbocycles. The Balaban J connectivity index is 1.47. The van der Waals surface area contributed by atoms with Crippen LogP contribution >= 0.6 is 0 Å². The molecule has 1 aliphatic heterocycles. The van der Waals surface area contributed by atoms with Crippen LogP contribution in [0.4, 0.5) is 4.79 Å². The quantitative estimate of drug-likeness (QED) is 0.790. The molecule has 0 aromatic heterocycles. The summed E-state index contributed by atoms with van der Waals surface area (Å²) < 4.78 is 33.6. The van der Waals surface area contributed by atoms with Crippen LogP contribution in [0.25, 0.3) is 0 Å². The van der Waals surface area contributed by atoms with Gasteiger partial charge in [0.1, 0.15) is 0 Å². The molecule has 27 heavy (non-hydrogen) atoms. The van der Waals surface area contributed by atoms with Crippen molar-refractivity contribution in [1.82, 2.24) is 10.6 Å². The summed E-state index contributed by atoms with van der Waals surface area (Å²) in [7, 11) is -3.23. The lowest BCUT2D eigenvalue weighted by Gasteiger charge is -2.15. The van der Waals surface area contributed by atoms with Gasteiger partial charge in [-0.1, -0.05) is 18.2 Å². The van der Waals surface area contributed by atoms with Crippen molar-refractivity contribution in [1.29, 1.82) is 0 Å². The van der Waals surface area contributed by atoms with Gasteiger partial charge in [-0.3, -0.25) is 0 Å². The molecule has 8 heteroatoms. The highest BCUT2D eigenvalue weighted by molar-refractivity contribution is 7.90. The van der Waals surface area contributed by atoms with Crippen molar-refractivity contribution in [3.8, 4) is 11.5 Å². The third-order valence-electron chi connectivity index (χ3n) is 4.29. The molecule has 2 amide bonds. The summed E-state index contributed by atoms with van der Waals surface area (Å²) >= 11 is 0. The van der Waals surface area contributed by atoms with Crippen LogP contribution in [0.5, 0.6) is 11.5 Å². The zero-order chi connectivity index (χ0) is 19.4. The first-order chi connectivity index (χ1) is 12.8. The van der Waals surface area contributed by atoms with E-state index < -0.39 is 9.84 Å². The number of ether oxygens (including phenoxy) is 2. The number of fused-ring (bicyclic) bond motifs is 1. The average molecular weight is 390 g/mol. The van der Waals surface area contributed by atoms with E-state index in [0.29, 0.717) is 13.0 Å². The van der Waals surface area contributed by atoms with Crippen LogP contribution in [-0.2, 0) is 16.3 Å². The van der Waals surface area contributed by atoms with Crippen molar-refractivity contribution in [2.75, 3.05) is 19.6 Å². The second-order valence-corrected chi connectivity index (χ2v) is 8.42. The number of hydrogen-bond acceptors (Lipinski definition) is 5. The zero-order valence-corrected chi connectivity index (χ0v) is 16.0. The molecule has 2 aromatic rings. The number of carbonyl (C=O) groups is 1. The highest BCUT2D eigenvalue weighted by atomic mass is 32.2. The van der Waals surface area contributed by atoms with Crippen LogP contribution in [0.1, 0.15) is 24.1 Å². The molecule has 7 nitrogen and oxygen atoms in total. The van der Waals surface area contributed by atoms with E-state index in [-0.39, 0.29) is 23.8 Å². The van der Waals surface area contributed by atoms with Gasteiger partial charge in [-0.15, -0.1) is 0 Å². The van der Waals surface area contributed by atoms with Crippen molar-refractivity contribution >= 4 is 15.9 Å². The van der Waals surface area contributed by atoms with Crippen LogP contribution in [-0.4, -0.2) is 34.0 Å². The highest BCUT2D eigenvalue weighted by Gasteiger charge is 2.14. The van der Waals surface area contributed by atoms with E-state index in [1.54, 1.807) is 24.3 Å². The van der Waals surface area contributed by atoms with Crippen LogP contribution in [0.2, 0.25) is 0 Å². The predicted molar refractivity (Wildman–Crippen MR) is 101 cm³/mol. The van der Waals surface area contributed by atoms with Gasteiger partial charge in [-0.25, -0.2) is 13.2 Å². The summed E-state index contributed by atoms with van der Waals surface area (Å²) in [5.74, 6) is 1.46. The fourth-order valence-corrected chi connectivity index (χ4v) is 3.38. The fraction of sp³-hybridized carbons (Fsp3) is 0.316. The molecule has 0 unspecified atom stereocenters. The lowest BCUT2D eigenvalue weighted by Crippen LogP contribution is -2.38. The number of hydrogen-bond donors (Lipinski definition) is 2. The van der Waals surface area contributed by atoms with Gasteiger partial charge in [-0.05, 0) is 48.7 Å². The van der Waals surface area contributed by atoms with Crippen molar-refractivity contribution in [2.45, 2.75) is 24.3 Å². The molecule has 0 saturated heterocycles. The maximum absolute atomic E-state index is 12.1. The average Bonchev–Trinajstić information content (AvgIpc) is 3.09. The molecule has 2 aromatic carbocycles. The Labute approximate surface area is 158 Å². The Morgan fingerprint density at radius 1 is 1.11 bits per heavy atom. The first-order valence-electron chi connectivity index (χ1n) is 8.56. The van der Waals surface area contributed by atoms with Crippen LogP contribution < -0.4 is 20.1 Å². The molecule has 144 valence electrons. The van der Waals surface area contributed by atoms with Gasteiger partial charge in [0, 0.05) is 12.8 Å². The van der Waals surface area contributed by atoms with E-state index in [2.05, 4.69) is 10.6 Å². The monoisotopic (exact) mass is 390 g/mol. The normalized spacial score (nSPS) is 13.9. The molecule has 1 atom stereocenters. The lowest BCUT2D eigenvalue weighted by molar-refractivity contribution is 0.174. The Kier molecular flexibility index (Phi) is 5.55. The van der Waals surface area contributed by atoms with Crippen LogP contribution in [0.15, 0.2) is 47.4 Å². The number of rotatable bonds is 6. The van der Waals surface area contributed by atoms with E-state index in [1.807, 2.05) is 25.1 Å². The minimum atomic E-state index is -3.23. The molecule has 0 bridgehead atoms. The molecule has 1 aliphatic rings. The number of carbonyl (C=O) groups excluding carboxylic acids is 1. The fourth-order valence-electron chi connectivity index (χ4n) is 2.75. The van der Waals surface area contributed by atoms with Gasteiger partial charge < -0.3 is 20.1 Å². The Morgan fingerprint density at radius 2 is 1.81 bits per heavy atom. The molecule has 1 heterocycles. The number of amides is 2. The van der Waals surface area contributed by atoms with Gasteiger partial charge in [0.15, 0.2) is 21.3 Å². The first-order valence-corrected chi connectivity index (χ1v) is 10.4. The summed E-state index contributed by atoms with van der Waals surface area (Å²) in [6.07, 6.45) is 1.83. The molecule has 0 radical (unpaired) electrons. The van der Waals surface area contributed by atoms with E-state index in [9.17, 15) is 13.2 Å². The largest absolute Gasteiger partial charge is 0.454 e. The third kappa shape index (κ3) is 4.91. The standard InChI is InChI=1S/C19H22N2O5S/c1-13(15-4-6-16(7-5-15)27(2,23)24)21-19(22)20-10-9-14-3-8-17-18(11-14)26-12-25-17/h3-8,11,13H,9-10,12H2,1-2H3,(H2,20,21,22)/t13-/m0/s1. The Bertz CT molecular complexity index is 926. The summed E-state index contributed by atoms with van der Waals surface area (Å²) in [5, 5.41) is 5.66. The Morgan fingerprint density at radius 3 is 2.52 bits per heavy atom. The minimum absolute atomic E-state index is 0.239. The summed E-state index contributed by atoms with van der Waals surface area (Å²) in [5.41, 5.74) is 1.87. The molecular weight excluding hydrogens is 368 g/mol. The molecule has 3 rings (SSSR count). The number of urea groups is 1. The van der Waals surface area contributed by atoms with Crippen molar-refractivity contribution in [2.24, 2.45) is 0 Å². The zero-order valence-electron chi connectivity index (χ0n) is 15.2. The van der Waals surface area contributed by atoms with E-state index in [1.165, 1.54) is 0 Å². The van der Waals surface area contributed by atoms with E-state index in [4.69, 9.17) is 9.47 Å². The molecule has 2 N–H and O–H groups in total. The van der Waals surface area contributed by atoms with Gasteiger partial charge in [0.25, 0.3) is 0 Å². The number of sulfone groups is 1. The van der Waals surface area contributed by atoms with Crippen molar-refractivity contribution in [3.05, 3.63) is 53.6 Å². The molecular formula is C19H22N2O5S. The van der Waals surface area contributed by atoms with Gasteiger partial charge in [0.05, 0.1) is 10.9 Å². The second kappa shape index (κ2) is 7.87. The first kappa shape index (κ1) is 19.0. The lowest BCUT2D eigenvalue weighted by atomic mass is 10.1. The smallest absolute Gasteiger partial charge is 0.315 e. The summed E-state index contributed by atoms with van der Waals surface area (Å²) in [6.45, 7) is 2.56. The van der Waals surface area contributed by atoms with Crippen molar-refractivity contribution < 1.29 is 22.7 Å². The van der Waals surface area contributed by atoms with Gasteiger partial charge >= 0.3 is 6.03 Å². The summed E-state index contributed by atoms with van der Waals surface area (Å²) in [4.78, 5) is 12.3. The minimum Gasteiger partial charge on any atom is -0.454 e. The number of benzene rings is 2. The van der Waals surface area contributed by atoms with Gasteiger partial charge in [0.2, 0.25) is 6.79 Å².